The number of esters is 1. The highest BCUT2D eigenvalue weighted by Crippen LogP contribution is 2.36. The summed E-state index contributed by atoms with van der Waals surface area (Å²) in [7, 11) is 0. The van der Waals surface area contributed by atoms with E-state index in [4.69, 9.17) is 21.6 Å². The van der Waals surface area contributed by atoms with Gasteiger partial charge < -0.3 is 19.3 Å². The van der Waals surface area contributed by atoms with Gasteiger partial charge in [-0.25, -0.2) is 14.2 Å². The van der Waals surface area contributed by atoms with E-state index in [1.54, 1.807) is 41.0 Å². The third kappa shape index (κ3) is 6.51. The molecule has 0 spiro atoms. The molecule has 1 amide bonds. The number of halogens is 5. The quantitative estimate of drug-likeness (QED) is 0.220. The number of benzene rings is 3. The number of hydrogen-bond donors (Lipinski definition) is 1. The lowest BCUT2D eigenvalue weighted by molar-refractivity contribution is -0.214. The van der Waals surface area contributed by atoms with E-state index in [1.165, 1.54) is 52.7 Å². The van der Waals surface area contributed by atoms with Gasteiger partial charge in [0.2, 0.25) is 6.23 Å². The fourth-order valence-electron chi connectivity index (χ4n) is 4.86. The number of carbonyl (C=O) groups is 2. The number of phenolic OH excluding ortho intramolecular Hbond substituents is 1. The van der Waals surface area contributed by atoms with Gasteiger partial charge in [-0.15, -0.1) is 0 Å². The Morgan fingerprint density at radius 3 is 2.61 bits per heavy atom. The van der Waals surface area contributed by atoms with Gasteiger partial charge in [0.1, 0.15) is 17.6 Å². The Morgan fingerprint density at radius 1 is 1.11 bits per heavy atom. The normalized spacial score (nSPS) is 15.7. The molecule has 1 aromatic heterocycles. The lowest BCUT2D eigenvalue weighted by Gasteiger charge is -2.40. The van der Waals surface area contributed by atoms with Crippen molar-refractivity contribution in [3.63, 3.8) is 0 Å². The highest BCUT2D eigenvalue weighted by atomic mass is 35.5. The first-order chi connectivity index (χ1) is 20.9. The summed E-state index contributed by atoms with van der Waals surface area (Å²) < 4.78 is 60.4. The molecule has 0 bridgehead atoms. The Hall–Kier alpha value is -4.93. The van der Waals surface area contributed by atoms with E-state index in [0.717, 1.165) is 0 Å². The highest BCUT2D eigenvalue weighted by Gasteiger charge is 2.47. The van der Waals surface area contributed by atoms with E-state index < -0.39 is 30.1 Å². The number of alkyl halides is 3. The molecule has 9 nitrogen and oxygen atoms in total. The number of anilines is 1. The second-order valence-corrected chi connectivity index (χ2v) is 10.3. The zero-order valence-electron chi connectivity index (χ0n) is 22.6. The summed E-state index contributed by atoms with van der Waals surface area (Å²) in [5.41, 5.74) is 2.01. The molecule has 0 radical (unpaired) electrons. The van der Waals surface area contributed by atoms with Crippen molar-refractivity contribution < 1.29 is 37.0 Å². The Balaban J connectivity index is 1.46. The summed E-state index contributed by atoms with van der Waals surface area (Å²) >= 11 is 6.24. The Kier molecular flexibility index (Phi) is 8.57. The number of hydrogen-bond acceptors (Lipinski definition) is 7. The molecule has 0 saturated carbocycles. The Morgan fingerprint density at radius 2 is 1.91 bits per heavy atom. The summed E-state index contributed by atoms with van der Waals surface area (Å²) in [4.78, 5) is 32.3. The third-order valence-corrected chi connectivity index (χ3v) is 7.18. The number of aromatic hydroxyl groups is 1. The van der Waals surface area contributed by atoms with Crippen LogP contribution >= 0.6 is 11.6 Å². The third-order valence-electron chi connectivity index (χ3n) is 6.95. The molecule has 1 fully saturated rings. The fourth-order valence-corrected chi connectivity index (χ4v) is 5.03. The number of carbonyl (C=O) groups excluding carboxylic acids is 2. The highest BCUT2D eigenvalue weighted by molar-refractivity contribution is 6.31. The van der Waals surface area contributed by atoms with Crippen molar-refractivity contribution in [2.24, 2.45) is 0 Å². The van der Waals surface area contributed by atoms with Gasteiger partial charge in [-0.2, -0.15) is 18.4 Å². The summed E-state index contributed by atoms with van der Waals surface area (Å²) in [6.07, 6.45) is -4.48. The predicted molar refractivity (Wildman–Crippen MR) is 150 cm³/mol. The van der Waals surface area contributed by atoms with E-state index in [-0.39, 0.29) is 48.2 Å². The number of nitrogens with zero attached hydrogens (tertiary/aromatic N) is 5. The van der Waals surface area contributed by atoms with Gasteiger partial charge in [0, 0.05) is 43.0 Å². The largest absolute Gasteiger partial charge is 0.508 e. The lowest BCUT2D eigenvalue weighted by atomic mass is 10.0. The van der Waals surface area contributed by atoms with Crippen molar-refractivity contribution in [1.82, 2.24) is 14.5 Å². The van der Waals surface area contributed by atoms with Crippen LogP contribution in [0.15, 0.2) is 73.2 Å². The molecule has 44 heavy (non-hydrogen) atoms. The summed E-state index contributed by atoms with van der Waals surface area (Å²) in [5, 5.41) is 19.2. The van der Waals surface area contributed by atoms with Crippen LogP contribution in [0.4, 0.5) is 23.2 Å². The molecule has 226 valence electrons. The van der Waals surface area contributed by atoms with Crippen molar-refractivity contribution in [2.45, 2.75) is 25.5 Å². The zero-order chi connectivity index (χ0) is 31.6. The van der Waals surface area contributed by atoms with Gasteiger partial charge in [-0.3, -0.25) is 9.69 Å². The first-order valence-electron chi connectivity index (χ1n) is 13.0. The van der Waals surface area contributed by atoms with Gasteiger partial charge >= 0.3 is 12.1 Å². The van der Waals surface area contributed by atoms with Crippen LogP contribution in [-0.4, -0.2) is 56.9 Å². The van der Waals surface area contributed by atoms with Gasteiger partial charge in [0.05, 0.1) is 23.3 Å². The number of imidazole rings is 1. The van der Waals surface area contributed by atoms with Crippen molar-refractivity contribution >= 4 is 29.2 Å². The van der Waals surface area contributed by atoms with Gasteiger partial charge in [-0.05, 0) is 47.5 Å². The molecule has 1 aliphatic heterocycles. The molecule has 1 unspecified atom stereocenters. The minimum absolute atomic E-state index is 0.0139. The smallest absolute Gasteiger partial charge is 0.490 e. The van der Waals surface area contributed by atoms with Gasteiger partial charge in [0.25, 0.3) is 5.91 Å². The average Bonchev–Trinajstić information content (AvgIpc) is 3.40. The van der Waals surface area contributed by atoms with Crippen LogP contribution in [0.1, 0.15) is 16.8 Å². The number of phenols is 1. The monoisotopic (exact) mass is 627 g/mol. The maximum atomic E-state index is 14.2. The van der Waals surface area contributed by atoms with Gasteiger partial charge in [0.15, 0.2) is 0 Å². The minimum Gasteiger partial charge on any atom is -0.508 e. The van der Waals surface area contributed by atoms with E-state index in [2.05, 4.69) is 4.98 Å². The van der Waals surface area contributed by atoms with Crippen LogP contribution in [0, 0.1) is 17.1 Å². The van der Waals surface area contributed by atoms with E-state index in [9.17, 15) is 32.3 Å². The summed E-state index contributed by atoms with van der Waals surface area (Å²) in [5.74, 6) is -4.24. The number of rotatable bonds is 7. The molecule has 1 atom stereocenters. The molecule has 14 heteroatoms. The Bertz CT molecular complexity index is 1770. The molecule has 1 aliphatic rings. The molecular formula is C30H22ClF4N5O4. The predicted octanol–water partition coefficient (Wildman–Crippen LogP) is 5.25. The lowest BCUT2D eigenvalue weighted by Crippen LogP contribution is -2.59. The topological polar surface area (TPSA) is 112 Å². The first-order valence-corrected chi connectivity index (χ1v) is 13.4. The summed E-state index contributed by atoms with van der Waals surface area (Å²) in [6, 6.07) is 16.6. The number of amides is 1. The maximum Gasteiger partial charge on any atom is 0.490 e. The SMILES string of the molecule is N#Cc1ccc(Cn2cncc2CN2CCN(c3cc(Cl)ccc3-c3cccc(O)c3)C(=O)C2OC(=O)C(F)(F)F)cc1F. The van der Waals surface area contributed by atoms with Crippen molar-refractivity contribution in [3.05, 3.63) is 101 Å². The molecule has 2 heterocycles. The zero-order valence-corrected chi connectivity index (χ0v) is 23.4. The average molecular weight is 628 g/mol. The molecule has 0 aliphatic carbocycles. The van der Waals surface area contributed by atoms with Crippen LogP contribution in [0.2, 0.25) is 5.02 Å². The van der Waals surface area contributed by atoms with E-state index >= 15 is 0 Å². The van der Waals surface area contributed by atoms with Crippen LogP contribution in [0.3, 0.4) is 0 Å². The van der Waals surface area contributed by atoms with Crippen LogP contribution in [0.25, 0.3) is 11.1 Å². The fraction of sp³-hybridized carbons (Fsp3) is 0.200. The van der Waals surface area contributed by atoms with Crippen LogP contribution < -0.4 is 4.90 Å². The number of nitriles is 1. The maximum absolute atomic E-state index is 14.2. The van der Waals surface area contributed by atoms with Crippen LogP contribution in [0.5, 0.6) is 5.75 Å². The first kappa shape index (κ1) is 30.5. The molecular weight excluding hydrogens is 606 g/mol. The minimum atomic E-state index is -5.36. The van der Waals surface area contributed by atoms with Crippen molar-refractivity contribution in [2.75, 3.05) is 18.0 Å². The van der Waals surface area contributed by atoms with Crippen molar-refractivity contribution in [3.8, 4) is 22.9 Å². The van der Waals surface area contributed by atoms with Crippen LogP contribution in [-0.2, 0) is 27.4 Å². The second kappa shape index (κ2) is 12.4. The van der Waals surface area contributed by atoms with Gasteiger partial charge in [-0.1, -0.05) is 35.9 Å². The molecule has 1 saturated heterocycles. The van der Waals surface area contributed by atoms with Crippen molar-refractivity contribution in [1.29, 1.82) is 5.26 Å². The van der Waals surface area contributed by atoms with E-state index in [1.807, 2.05) is 0 Å². The molecule has 3 aromatic carbocycles. The molecule has 4 aromatic rings. The standard InChI is InChI=1S/C30H22ClF4N5O4/c31-21-6-7-24(19-2-1-3-23(41)11-19)26(12-21)40-9-8-38(28(27(40)42)44-29(43)30(33,34)35)16-22-14-37-17-39(22)15-18-4-5-20(13-36)25(32)10-18/h1-7,10-12,14,17,28,41H,8-9,15-16H2. The number of aromatic nitrogens is 2. The molecule has 5 rings (SSSR count). The van der Waals surface area contributed by atoms with E-state index in [0.29, 0.717) is 22.4 Å². The number of piperazine rings is 1. The Labute approximate surface area is 253 Å². The number of ether oxygens (including phenoxy) is 1. The summed E-state index contributed by atoms with van der Waals surface area (Å²) in [6.45, 7) is -0.0813. The second-order valence-electron chi connectivity index (χ2n) is 9.87. The molecule has 1 N–H and O–H groups in total.